The van der Waals surface area contributed by atoms with Crippen molar-refractivity contribution >= 4 is 15.9 Å². The molecule has 1 aromatic carbocycles. The van der Waals surface area contributed by atoms with Gasteiger partial charge >= 0.3 is 0 Å². The van der Waals surface area contributed by atoms with Gasteiger partial charge in [0.1, 0.15) is 11.5 Å². The molecular formula is C14H14BrNO2. The molecule has 1 heterocycles. The zero-order valence-electron chi connectivity index (χ0n) is 10.1. The summed E-state index contributed by atoms with van der Waals surface area (Å²) in [5.41, 5.74) is 1.22. The van der Waals surface area contributed by atoms with Crippen LogP contribution in [0.25, 0.3) is 0 Å². The second kappa shape index (κ2) is 6.40. The fraction of sp³-hybridized carbons (Fsp3) is 0.214. The Morgan fingerprint density at radius 3 is 2.56 bits per heavy atom. The standard InChI is InChI=1S/C14H14BrNO2/c1-17-13-4-2-11(3-5-13)6-7-18-14-8-12(15)9-16-10-14/h2-5,8-10H,6-7H2,1H3. The molecule has 2 aromatic rings. The van der Waals surface area contributed by atoms with Crippen molar-refractivity contribution in [3.8, 4) is 11.5 Å². The fourth-order valence-electron chi connectivity index (χ4n) is 1.55. The molecule has 0 saturated heterocycles. The first-order chi connectivity index (χ1) is 8.78. The summed E-state index contributed by atoms with van der Waals surface area (Å²) in [4.78, 5) is 4.04. The van der Waals surface area contributed by atoms with Crippen LogP contribution < -0.4 is 9.47 Å². The fourth-order valence-corrected chi connectivity index (χ4v) is 1.89. The van der Waals surface area contributed by atoms with Crippen molar-refractivity contribution < 1.29 is 9.47 Å². The Morgan fingerprint density at radius 1 is 1.11 bits per heavy atom. The molecule has 0 radical (unpaired) electrons. The first-order valence-corrected chi connectivity index (χ1v) is 6.43. The molecule has 1 aromatic heterocycles. The summed E-state index contributed by atoms with van der Waals surface area (Å²) in [6.45, 7) is 0.629. The summed E-state index contributed by atoms with van der Waals surface area (Å²) in [6.07, 6.45) is 4.30. The van der Waals surface area contributed by atoms with E-state index in [0.29, 0.717) is 6.61 Å². The highest BCUT2D eigenvalue weighted by Gasteiger charge is 1.98. The monoisotopic (exact) mass is 307 g/mol. The second-order valence-electron chi connectivity index (χ2n) is 3.79. The molecule has 0 aliphatic rings. The summed E-state index contributed by atoms with van der Waals surface area (Å²) in [7, 11) is 1.67. The van der Waals surface area contributed by atoms with E-state index in [2.05, 4.69) is 20.9 Å². The number of ether oxygens (including phenoxy) is 2. The minimum atomic E-state index is 0.629. The molecule has 4 heteroatoms. The maximum Gasteiger partial charge on any atom is 0.138 e. The zero-order valence-corrected chi connectivity index (χ0v) is 11.7. The molecule has 0 amide bonds. The number of methoxy groups -OCH3 is 1. The molecule has 94 valence electrons. The average Bonchev–Trinajstić information content (AvgIpc) is 2.40. The number of hydrogen-bond acceptors (Lipinski definition) is 3. The summed E-state index contributed by atoms with van der Waals surface area (Å²) < 4.78 is 11.7. The van der Waals surface area contributed by atoms with Gasteiger partial charge in [0.2, 0.25) is 0 Å². The van der Waals surface area contributed by atoms with Gasteiger partial charge in [-0.25, -0.2) is 0 Å². The van der Waals surface area contributed by atoms with E-state index in [1.807, 2.05) is 30.3 Å². The molecule has 0 bridgehead atoms. The van der Waals surface area contributed by atoms with Gasteiger partial charge in [-0.1, -0.05) is 12.1 Å². The van der Waals surface area contributed by atoms with Gasteiger partial charge in [0.05, 0.1) is 19.9 Å². The second-order valence-corrected chi connectivity index (χ2v) is 4.70. The molecule has 0 unspecified atom stereocenters. The molecule has 0 fully saturated rings. The van der Waals surface area contributed by atoms with Crippen LogP contribution >= 0.6 is 15.9 Å². The van der Waals surface area contributed by atoms with E-state index in [-0.39, 0.29) is 0 Å². The van der Waals surface area contributed by atoms with Gasteiger partial charge in [0, 0.05) is 17.1 Å². The van der Waals surface area contributed by atoms with Crippen LogP contribution in [0.5, 0.6) is 11.5 Å². The maximum atomic E-state index is 5.62. The van der Waals surface area contributed by atoms with Gasteiger partial charge in [-0.3, -0.25) is 4.98 Å². The van der Waals surface area contributed by atoms with E-state index in [9.17, 15) is 0 Å². The molecule has 3 nitrogen and oxygen atoms in total. The SMILES string of the molecule is COc1ccc(CCOc2cncc(Br)c2)cc1. The Labute approximate surface area is 115 Å². The van der Waals surface area contributed by atoms with E-state index in [1.54, 1.807) is 19.5 Å². The Morgan fingerprint density at radius 2 is 1.89 bits per heavy atom. The van der Waals surface area contributed by atoms with Crippen molar-refractivity contribution in [3.05, 3.63) is 52.8 Å². The molecule has 0 saturated carbocycles. The van der Waals surface area contributed by atoms with Crippen LogP contribution in [0.2, 0.25) is 0 Å². The third-order valence-electron chi connectivity index (χ3n) is 2.50. The van der Waals surface area contributed by atoms with E-state index < -0.39 is 0 Å². The number of pyridine rings is 1. The Balaban J connectivity index is 1.84. The van der Waals surface area contributed by atoms with E-state index in [4.69, 9.17) is 9.47 Å². The minimum absolute atomic E-state index is 0.629. The Kier molecular flexibility index (Phi) is 4.59. The quantitative estimate of drug-likeness (QED) is 0.847. The van der Waals surface area contributed by atoms with Crippen LogP contribution in [0.3, 0.4) is 0 Å². The van der Waals surface area contributed by atoms with Crippen LogP contribution in [-0.2, 0) is 6.42 Å². The normalized spacial score (nSPS) is 10.1. The minimum Gasteiger partial charge on any atom is -0.497 e. The van der Waals surface area contributed by atoms with Gasteiger partial charge in [0.25, 0.3) is 0 Å². The predicted octanol–water partition coefficient (Wildman–Crippen LogP) is 3.47. The number of rotatable bonds is 5. The third kappa shape index (κ3) is 3.74. The highest BCUT2D eigenvalue weighted by atomic mass is 79.9. The van der Waals surface area contributed by atoms with E-state index >= 15 is 0 Å². The van der Waals surface area contributed by atoms with Crippen molar-refractivity contribution in [1.29, 1.82) is 0 Å². The largest absolute Gasteiger partial charge is 0.497 e. The predicted molar refractivity (Wildman–Crippen MR) is 74.1 cm³/mol. The Bertz CT molecular complexity index is 499. The lowest BCUT2D eigenvalue weighted by Gasteiger charge is -2.06. The van der Waals surface area contributed by atoms with Gasteiger partial charge in [-0.15, -0.1) is 0 Å². The molecule has 18 heavy (non-hydrogen) atoms. The third-order valence-corrected chi connectivity index (χ3v) is 2.93. The van der Waals surface area contributed by atoms with Crippen molar-refractivity contribution in [3.63, 3.8) is 0 Å². The zero-order chi connectivity index (χ0) is 12.8. The summed E-state index contributed by atoms with van der Waals surface area (Å²) in [5.74, 6) is 1.65. The molecular weight excluding hydrogens is 294 g/mol. The maximum absolute atomic E-state index is 5.62. The lowest BCUT2D eigenvalue weighted by Crippen LogP contribution is -2.01. The molecule has 0 atom stereocenters. The van der Waals surface area contributed by atoms with Crippen LogP contribution in [0.1, 0.15) is 5.56 Å². The molecule has 0 aliphatic heterocycles. The van der Waals surface area contributed by atoms with Crippen molar-refractivity contribution in [2.75, 3.05) is 13.7 Å². The Hall–Kier alpha value is -1.55. The molecule has 0 aliphatic carbocycles. The van der Waals surface area contributed by atoms with Crippen molar-refractivity contribution in [2.24, 2.45) is 0 Å². The van der Waals surface area contributed by atoms with E-state index in [1.165, 1.54) is 5.56 Å². The first kappa shape index (κ1) is 12.9. The average molecular weight is 308 g/mol. The lowest BCUT2D eigenvalue weighted by molar-refractivity contribution is 0.320. The number of benzene rings is 1. The van der Waals surface area contributed by atoms with Gasteiger partial charge < -0.3 is 9.47 Å². The summed E-state index contributed by atoms with van der Waals surface area (Å²) in [6, 6.07) is 9.90. The van der Waals surface area contributed by atoms with Crippen molar-refractivity contribution in [2.45, 2.75) is 6.42 Å². The molecule has 0 spiro atoms. The highest BCUT2D eigenvalue weighted by Crippen LogP contribution is 2.16. The number of hydrogen-bond donors (Lipinski definition) is 0. The number of nitrogens with zero attached hydrogens (tertiary/aromatic N) is 1. The van der Waals surface area contributed by atoms with Gasteiger partial charge in [0.15, 0.2) is 0 Å². The van der Waals surface area contributed by atoms with Crippen molar-refractivity contribution in [1.82, 2.24) is 4.98 Å². The van der Waals surface area contributed by atoms with Crippen LogP contribution in [0.4, 0.5) is 0 Å². The van der Waals surface area contributed by atoms with Gasteiger partial charge in [-0.05, 0) is 39.7 Å². The van der Waals surface area contributed by atoms with Gasteiger partial charge in [-0.2, -0.15) is 0 Å². The molecule has 0 N–H and O–H groups in total. The topological polar surface area (TPSA) is 31.4 Å². The summed E-state index contributed by atoms with van der Waals surface area (Å²) >= 11 is 3.36. The van der Waals surface area contributed by atoms with E-state index in [0.717, 1.165) is 22.4 Å². The number of halogens is 1. The smallest absolute Gasteiger partial charge is 0.138 e. The summed E-state index contributed by atoms with van der Waals surface area (Å²) in [5, 5.41) is 0. The van der Waals surface area contributed by atoms with Crippen LogP contribution in [-0.4, -0.2) is 18.7 Å². The number of aromatic nitrogens is 1. The lowest BCUT2D eigenvalue weighted by atomic mass is 10.1. The molecule has 2 rings (SSSR count). The van der Waals surface area contributed by atoms with Crippen LogP contribution in [0.15, 0.2) is 47.2 Å². The van der Waals surface area contributed by atoms with Crippen LogP contribution in [0, 0.1) is 0 Å². The highest BCUT2D eigenvalue weighted by molar-refractivity contribution is 9.10. The first-order valence-electron chi connectivity index (χ1n) is 5.64.